The van der Waals surface area contributed by atoms with Gasteiger partial charge in [0.2, 0.25) is 5.82 Å². The maximum Gasteiger partial charge on any atom is 0.451 e. The fraction of sp³-hybridized carbons (Fsp3) is 0.375. The van der Waals surface area contributed by atoms with Gasteiger partial charge in [-0.05, 0) is 6.07 Å². The van der Waals surface area contributed by atoms with Gasteiger partial charge in [-0.3, -0.25) is 4.90 Å². The smallest absolute Gasteiger partial charge is 0.451 e. The molecule has 0 saturated carbocycles. The Morgan fingerprint density at radius 3 is 2.79 bits per heavy atom. The molecule has 3 rings (SSSR count). The Labute approximate surface area is 136 Å². The van der Waals surface area contributed by atoms with Crippen molar-refractivity contribution in [1.29, 1.82) is 0 Å². The van der Waals surface area contributed by atoms with Crippen LogP contribution in [0.15, 0.2) is 24.4 Å². The summed E-state index contributed by atoms with van der Waals surface area (Å²) in [7, 11) is 1.52. The van der Waals surface area contributed by atoms with Crippen molar-refractivity contribution in [2.45, 2.75) is 25.7 Å². The molecule has 24 heavy (non-hydrogen) atoms. The summed E-state index contributed by atoms with van der Waals surface area (Å²) >= 11 is 0. The van der Waals surface area contributed by atoms with E-state index in [1.165, 1.54) is 19.4 Å². The van der Waals surface area contributed by atoms with Crippen LogP contribution in [0.25, 0.3) is 0 Å². The highest BCUT2D eigenvalue weighted by atomic mass is 19.4. The Hall–Kier alpha value is -2.35. The van der Waals surface area contributed by atoms with Gasteiger partial charge in [-0.2, -0.15) is 13.2 Å². The number of rotatable bonds is 3. The van der Waals surface area contributed by atoms with Gasteiger partial charge in [0.1, 0.15) is 11.5 Å². The van der Waals surface area contributed by atoms with E-state index in [1.54, 1.807) is 12.1 Å². The molecule has 8 heteroatoms. The number of nitrogens with zero attached hydrogens (tertiary/aromatic N) is 3. The summed E-state index contributed by atoms with van der Waals surface area (Å²) in [4.78, 5) is 9.08. The van der Waals surface area contributed by atoms with Crippen LogP contribution in [-0.2, 0) is 25.7 Å². The average molecular weight is 339 g/mol. The summed E-state index contributed by atoms with van der Waals surface area (Å²) < 4.78 is 43.0. The Kier molecular flexibility index (Phi) is 4.31. The van der Waals surface area contributed by atoms with Crippen molar-refractivity contribution >= 4 is 0 Å². The SMILES string of the molecule is COc1ccc(CN2CCc3nc(C(F)(F)F)ncc3C2)c(O)c1. The van der Waals surface area contributed by atoms with Crippen LogP contribution in [0.5, 0.6) is 11.5 Å². The lowest BCUT2D eigenvalue weighted by atomic mass is 10.1. The molecule has 1 aromatic heterocycles. The average Bonchev–Trinajstić information content (AvgIpc) is 2.55. The maximum atomic E-state index is 12.7. The molecular weight excluding hydrogens is 323 g/mol. The molecule has 128 valence electrons. The summed E-state index contributed by atoms with van der Waals surface area (Å²) in [6, 6.07) is 5.06. The molecule has 1 aromatic carbocycles. The van der Waals surface area contributed by atoms with Crippen LogP contribution >= 0.6 is 0 Å². The van der Waals surface area contributed by atoms with Crippen molar-refractivity contribution in [3.8, 4) is 11.5 Å². The number of fused-ring (bicyclic) bond motifs is 1. The van der Waals surface area contributed by atoms with Crippen LogP contribution in [-0.4, -0.2) is 33.6 Å². The van der Waals surface area contributed by atoms with E-state index in [4.69, 9.17) is 4.74 Å². The Balaban J connectivity index is 1.74. The van der Waals surface area contributed by atoms with Crippen molar-refractivity contribution in [3.63, 3.8) is 0 Å². The first-order valence-corrected chi connectivity index (χ1v) is 7.37. The van der Waals surface area contributed by atoms with E-state index in [2.05, 4.69) is 9.97 Å². The molecule has 0 radical (unpaired) electrons. The number of aromatic hydroxyl groups is 1. The molecule has 1 aliphatic heterocycles. The van der Waals surface area contributed by atoms with Gasteiger partial charge < -0.3 is 9.84 Å². The molecule has 0 fully saturated rings. The molecule has 0 amide bonds. The topological polar surface area (TPSA) is 58.5 Å². The predicted molar refractivity (Wildman–Crippen MR) is 79.5 cm³/mol. The van der Waals surface area contributed by atoms with Crippen molar-refractivity contribution in [2.75, 3.05) is 13.7 Å². The summed E-state index contributed by atoms with van der Waals surface area (Å²) in [6.45, 7) is 1.49. The zero-order chi connectivity index (χ0) is 17.3. The van der Waals surface area contributed by atoms with Crippen LogP contribution < -0.4 is 4.74 Å². The molecule has 1 aliphatic rings. The molecule has 0 aliphatic carbocycles. The second kappa shape index (κ2) is 6.27. The van der Waals surface area contributed by atoms with Crippen molar-refractivity contribution < 1.29 is 23.0 Å². The first kappa shape index (κ1) is 16.5. The number of phenolic OH excluding ortho intramolecular Hbond substituents is 1. The van der Waals surface area contributed by atoms with Crippen LogP contribution in [0, 0.1) is 0 Å². The van der Waals surface area contributed by atoms with Crippen LogP contribution in [0.2, 0.25) is 0 Å². The number of ether oxygens (including phenoxy) is 1. The number of benzene rings is 1. The number of phenols is 1. The zero-order valence-corrected chi connectivity index (χ0v) is 13.0. The summed E-state index contributed by atoms with van der Waals surface area (Å²) in [5.41, 5.74) is 1.85. The van der Waals surface area contributed by atoms with Crippen LogP contribution in [0.4, 0.5) is 13.2 Å². The van der Waals surface area contributed by atoms with E-state index in [1.807, 2.05) is 4.90 Å². The van der Waals surface area contributed by atoms with Gasteiger partial charge >= 0.3 is 6.18 Å². The van der Waals surface area contributed by atoms with Crippen molar-refractivity contribution in [2.24, 2.45) is 0 Å². The first-order valence-electron chi connectivity index (χ1n) is 7.37. The highest BCUT2D eigenvalue weighted by Crippen LogP contribution is 2.29. The number of hydrogen-bond donors (Lipinski definition) is 1. The van der Waals surface area contributed by atoms with Gasteiger partial charge in [0.05, 0.1) is 12.8 Å². The second-order valence-electron chi connectivity index (χ2n) is 5.62. The molecular formula is C16H16F3N3O2. The largest absolute Gasteiger partial charge is 0.507 e. The summed E-state index contributed by atoms with van der Waals surface area (Å²) in [5.74, 6) is -0.403. The molecule has 0 saturated heterocycles. The highest BCUT2D eigenvalue weighted by molar-refractivity contribution is 5.39. The third kappa shape index (κ3) is 3.43. The van der Waals surface area contributed by atoms with E-state index in [0.717, 1.165) is 5.56 Å². The Bertz CT molecular complexity index is 750. The molecule has 0 unspecified atom stereocenters. The fourth-order valence-electron chi connectivity index (χ4n) is 2.69. The number of alkyl halides is 3. The van der Waals surface area contributed by atoms with E-state index in [0.29, 0.717) is 43.1 Å². The molecule has 2 heterocycles. The van der Waals surface area contributed by atoms with Gasteiger partial charge in [0, 0.05) is 49.4 Å². The Morgan fingerprint density at radius 2 is 2.12 bits per heavy atom. The lowest BCUT2D eigenvalue weighted by Gasteiger charge is -2.28. The molecule has 0 atom stereocenters. The first-order chi connectivity index (χ1) is 11.4. The lowest BCUT2D eigenvalue weighted by Crippen LogP contribution is -2.31. The van der Waals surface area contributed by atoms with E-state index >= 15 is 0 Å². The molecule has 1 N–H and O–H groups in total. The minimum Gasteiger partial charge on any atom is -0.507 e. The predicted octanol–water partition coefficient (Wildman–Crippen LogP) is 2.77. The second-order valence-corrected chi connectivity index (χ2v) is 5.62. The minimum absolute atomic E-state index is 0.129. The fourth-order valence-corrected chi connectivity index (χ4v) is 2.69. The molecule has 0 spiro atoms. The monoisotopic (exact) mass is 339 g/mol. The third-order valence-corrected chi connectivity index (χ3v) is 3.95. The van der Waals surface area contributed by atoms with E-state index in [-0.39, 0.29) is 5.75 Å². The van der Waals surface area contributed by atoms with Crippen LogP contribution in [0.1, 0.15) is 22.6 Å². The van der Waals surface area contributed by atoms with E-state index in [9.17, 15) is 18.3 Å². The van der Waals surface area contributed by atoms with Crippen LogP contribution in [0.3, 0.4) is 0 Å². The Morgan fingerprint density at radius 1 is 1.33 bits per heavy atom. The van der Waals surface area contributed by atoms with Gasteiger partial charge in [0.25, 0.3) is 0 Å². The van der Waals surface area contributed by atoms with Gasteiger partial charge in [-0.1, -0.05) is 6.07 Å². The molecule has 0 bridgehead atoms. The summed E-state index contributed by atoms with van der Waals surface area (Å²) in [5, 5.41) is 10.0. The number of hydrogen-bond acceptors (Lipinski definition) is 5. The number of halogens is 3. The highest BCUT2D eigenvalue weighted by Gasteiger charge is 2.35. The summed E-state index contributed by atoms with van der Waals surface area (Å²) in [6.07, 6.45) is -2.87. The van der Waals surface area contributed by atoms with E-state index < -0.39 is 12.0 Å². The third-order valence-electron chi connectivity index (χ3n) is 3.95. The number of aromatic nitrogens is 2. The van der Waals surface area contributed by atoms with Gasteiger partial charge in [-0.25, -0.2) is 9.97 Å². The zero-order valence-electron chi connectivity index (χ0n) is 13.0. The lowest BCUT2D eigenvalue weighted by molar-refractivity contribution is -0.145. The quantitative estimate of drug-likeness (QED) is 0.932. The standard InChI is InChI=1S/C16H16F3N3O2/c1-24-12-3-2-10(14(23)6-12)8-22-5-4-13-11(9-22)7-20-15(21-13)16(17,18)19/h2-3,6-7,23H,4-5,8-9H2,1H3. The van der Waals surface area contributed by atoms with Gasteiger partial charge in [0.15, 0.2) is 0 Å². The molecule has 2 aromatic rings. The number of methoxy groups -OCH3 is 1. The van der Waals surface area contributed by atoms with Crippen molar-refractivity contribution in [1.82, 2.24) is 14.9 Å². The normalized spacial score (nSPS) is 15.2. The molecule has 5 nitrogen and oxygen atoms in total. The maximum absolute atomic E-state index is 12.7. The van der Waals surface area contributed by atoms with Crippen molar-refractivity contribution in [3.05, 3.63) is 47.0 Å². The van der Waals surface area contributed by atoms with Gasteiger partial charge in [-0.15, -0.1) is 0 Å². The minimum atomic E-state index is -4.53.